The number of hydrogen-bond donors (Lipinski definition) is 2. The molecule has 0 aliphatic carbocycles. The smallest absolute Gasteiger partial charge is 0.242 e. The minimum atomic E-state index is -3.93. The maximum Gasteiger partial charge on any atom is 0.242 e. The summed E-state index contributed by atoms with van der Waals surface area (Å²) in [6.07, 6.45) is 3.54. The molecule has 0 spiro atoms. The number of benzene rings is 1. The van der Waals surface area contributed by atoms with Crippen LogP contribution in [0.15, 0.2) is 29.3 Å². The second-order valence-electron chi connectivity index (χ2n) is 6.00. The third-order valence-corrected chi connectivity index (χ3v) is 7.99. The lowest BCUT2D eigenvalue weighted by atomic mass is 10.3. The van der Waals surface area contributed by atoms with E-state index in [0.29, 0.717) is 18.6 Å². The molecule has 0 unspecified atom stereocenters. The number of rotatable bonds is 11. The Hall–Kier alpha value is -1.69. The number of methoxy groups -OCH3 is 1. The molecule has 0 aliphatic heterocycles. The predicted molar refractivity (Wildman–Crippen MR) is 111 cm³/mol. The Labute approximate surface area is 170 Å². The SMILES string of the molecule is CCCS(=O)(=O)Nc1cc(OC)ccc1S(=O)(=O)NCCc1ncc(CC)s1. The van der Waals surface area contributed by atoms with Crippen molar-refractivity contribution in [2.75, 3.05) is 24.1 Å². The molecule has 156 valence electrons. The topological polar surface area (TPSA) is 114 Å². The lowest BCUT2D eigenvalue weighted by Crippen LogP contribution is -2.27. The molecule has 0 saturated heterocycles. The molecule has 0 bridgehead atoms. The molecule has 28 heavy (non-hydrogen) atoms. The van der Waals surface area contributed by atoms with E-state index in [1.807, 2.05) is 6.92 Å². The molecule has 1 heterocycles. The molecule has 0 saturated carbocycles. The van der Waals surface area contributed by atoms with Gasteiger partial charge in [-0.15, -0.1) is 11.3 Å². The molecule has 0 aliphatic rings. The van der Waals surface area contributed by atoms with Crippen LogP contribution in [0.3, 0.4) is 0 Å². The summed E-state index contributed by atoms with van der Waals surface area (Å²) in [7, 11) is -6.17. The number of anilines is 1. The van der Waals surface area contributed by atoms with Crippen molar-refractivity contribution < 1.29 is 21.6 Å². The molecule has 2 rings (SSSR count). The molecular weight excluding hydrogens is 422 g/mol. The Balaban J connectivity index is 2.20. The number of nitrogens with one attached hydrogen (secondary N) is 2. The van der Waals surface area contributed by atoms with Gasteiger partial charge in [0.15, 0.2) is 0 Å². The van der Waals surface area contributed by atoms with Gasteiger partial charge in [-0.3, -0.25) is 4.72 Å². The molecule has 0 radical (unpaired) electrons. The zero-order valence-electron chi connectivity index (χ0n) is 16.1. The standard InChI is InChI=1S/C17H25N3O5S3/c1-4-10-27(21,22)20-15-11-13(25-3)6-7-16(15)28(23,24)19-9-8-17-18-12-14(5-2)26-17/h6-7,11-12,19-20H,4-5,8-10H2,1-3H3. The number of ether oxygens (including phenoxy) is 1. The first kappa shape index (κ1) is 22.6. The molecule has 1 aromatic heterocycles. The zero-order chi connectivity index (χ0) is 20.8. The highest BCUT2D eigenvalue weighted by atomic mass is 32.2. The number of aryl methyl sites for hydroxylation is 1. The van der Waals surface area contributed by atoms with E-state index in [1.165, 1.54) is 25.3 Å². The molecule has 0 amide bonds. The Morgan fingerprint density at radius 1 is 1.18 bits per heavy atom. The van der Waals surface area contributed by atoms with Gasteiger partial charge in [0, 0.05) is 30.1 Å². The van der Waals surface area contributed by atoms with E-state index in [2.05, 4.69) is 14.4 Å². The normalized spacial score (nSPS) is 12.1. The van der Waals surface area contributed by atoms with E-state index in [9.17, 15) is 16.8 Å². The summed E-state index contributed by atoms with van der Waals surface area (Å²) < 4.78 is 59.7. The first-order valence-corrected chi connectivity index (χ1v) is 12.8. The van der Waals surface area contributed by atoms with Crippen molar-refractivity contribution >= 4 is 37.1 Å². The maximum atomic E-state index is 12.7. The second kappa shape index (κ2) is 9.68. The van der Waals surface area contributed by atoms with Gasteiger partial charge in [0.2, 0.25) is 20.0 Å². The van der Waals surface area contributed by atoms with Gasteiger partial charge in [0.25, 0.3) is 0 Å². The van der Waals surface area contributed by atoms with Crippen LogP contribution in [0.4, 0.5) is 5.69 Å². The average Bonchev–Trinajstić information content (AvgIpc) is 3.08. The third kappa shape index (κ3) is 6.16. The van der Waals surface area contributed by atoms with E-state index < -0.39 is 20.0 Å². The number of nitrogens with zero attached hydrogens (tertiary/aromatic N) is 1. The molecule has 2 N–H and O–H groups in total. The van der Waals surface area contributed by atoms with Crippen molar-refractivity contribution in [2.45, 2.75) is 38.0 Å². The molecule has 8 nitrogen and oxygen atoms in total. The Kier molecular flexibility index (Phi) is 7.81. The fourth-order valence-corrected chi connectivity index (χ4v) is 5.68. The lowest BCUT2D eigenvalue weighted by molar-refractivity contribution is 0.414. The quantitative estimate of drug-likeness (QED) is 0.547. The highest BCUT2D eigenvalue weighted by molar-refractivity contribution is 7.93. The summed E-state index contributed by atoms with van der Waals surface area (Å²) in [6.45, 7) is 3.92. The number of thiazole rings is 1. The van der Waals surface area contributed by atoms with Crippen LogP contribution in [0.1, 0.15) is 30.2 Å². The first-order chi connectivity index (χ1) is 13.2. The van der Waals surface area contributed by atoms with Crippen molar-refractivity contribution in [3.8, 4) is 5.75 Å². The van der Waals surface area contributed by atoms with E-state index >= 15 is 0 Å². The summed E-state index contributed by atoms with van der Waals surface area (Å²) in [5.41, 5.74) is -0.0391. The van der Waals surface area contributed by atoms with Gasteiger partial charge in [-0.1, -0.05) is 13.8 Å². The van der Waals surface area contributed by atoms with Gasteiger partial charge in [-0.2, -0.15) is 0 Å². The molecule has 0 fully saturated rings. The molecular formula is C17H25N3O5S3. The monoisotopic (exact) mass is 447 g/mol. The lowest BCUT2D eigenvalue weighted by Gasteiger charge is -2.14. The first-order valence-electron chi connectivity index (χ1n) is 8.82. The summed E-state index contributed by atoms with van der Waals surface area (Å²) in [5, 5.41) is 0.846. The number of aromatic nitrogens is 1. The predicted octanol–water partition coefficient (Wildman–Crippen LogP) is 2.39. The van der Waals surface area contributed by atoms with Gasteiger partial charge >= 0.3 is 0 Å². The average molecular weight is 448 g/mol. The van der Waals surface area contributed by atoms with E-state index in [0.717, 1.165) is 16.3 Å². The minimum absolute atomic E-state index is 0.0391. The van der Waals surface area contributed by atoms with Gasteiger partial charge in [0.1, 0.15) is 10.6 Å². The molecule has 0 atom stereocenters. The van der Waals surface area contributed by atoms with Crippen molar-refractivity contribution in [1.82, 2.24) is 9.71 Å². The van der Waals surface area contributed by atoms with Crippen LogP contribution in [-0.2, 0) is 32.9 Å². The van der Waals surface area contributed by atoms with Crippen molar-refractivity contribution in [2.24, 2.45) is 0 Å². The van der Waals surface area contributed by atoms with Crippen molar-refractivity contribution in [1.29, 1.82) is 0 Å². The van der Waals surface area contributed by atoms with Gasteiger partial charge < -0.3 is 4.74 Å². The summed E-state index contributed by atoms with van der Waals surface area (Å²) >= 11 is 1.55. The second-order valence-corrected chi connectivity index (χ2v) is 10.8. The van der Waals surface area contributed by atoms with Crippen LogP contribution in [0, 0.1) is 0 Å². The van der Waals surface area contributed by atoms with E-state index in [4.69, 9.17) is 4.74 Å². The minimum Gasteiger partial charge on any atom is -0.497 e. The van der Waals surface area contributed by atoms with Crippen LogP contribution in [0.5, 0.6) is 5.75 Å². The highest BCUT2D eigenvalue weighted by Gasteiger charge is 2.22. The molecule has 2 aromatic rings. The van der Waals surface area contributed by atoms with Crippen molar-refractivity contribution in [3.05, 3.63) is 34.3 Å². The van der Waals surface area contributed by atoms with Gasteiger partial charge in [0.05, 0.1) is 23.6 Å². The summed E-state index contributed by atoms with van der Waals surface area (Å²) in [5.74, 6) is 0.240. The maximum absolute atomic E-state index is 12.7. The Morgan fingerprint density at radius 2 is 1.93 bits per heavy atom. The fraction of sp³-hybridized carbons (Fsp3) is 0.471. The zero-order valence-corrected chi connectivity index (χ0v) is 18.5. The Bertz CT molecular complexity index is 1000. The van der Waals surface area contributed by atoms with E-state index in [-0.39, 0.29) is 22.9 Å². The number of sulfonamides is 2. The van der Waals surface area contributed by atoms with Crippen LogP contribution in [-0.4, -0.2) is 41.2 Å². The van der Waals surface area contributed by atoms with Crippen LogP contribution < -0.4 is 14.2 Å². The molecule has 11 heteroatoms. The van der Waals surface area contributed by atoms with Crippen molar-refractivity contribution in [3.63, 3.8) is 0 Å². The highest BCUT2D eigenvalue weighted by Crippen LogP contribution is 2.27. The van der Waals surface area contributed by atoms with E-state index in [1.54, 1.807) is 24.5 Å². The van der Waals surface area contributed by atoms with Crippen LogP contribution in [0.2, 0.25) is 0 Å². The van der Waals surface area contributed by atoms with Gasteiger partial charge in [-0.05, 0) is 25.0 Å². The molecule has 1 aromatic carbocycles. The number of hydrogen-bond acceptors (Lipinski definition) is 7. The summed E-state index contributed by atoms with van der Waals surface area (Å²) in [4.78, 5) is 5.25. The Morgan fingerprint density at radius 3 is 2.54 bits per heavy atom. The largest absolute Gasteiger partial charge is 0.497 e. The van der Waals surface area contributed by atoms with Crippen LogP contribution >= 0.6 is 11.3 Å². The third-order valence-electron chi connectivity index (χ3n) is 3.80. The summed E-state index contributed by atoms with van der Waals surface area (Å²) in [6, 6.07) is 4.15. The van der Waals surface area contributed by atoms with Crippen LogP contribution in [0.25, 0.3) is 0 Å². The van der Waals surface area contributed by atoms with Gasteiger partial charge in [-0.25, -0.2) is 26.5 Å². The fourth-order valence-electron chi connectivity index (χ4n) is 2.43.